The van der Waals surface area contributed by atoms with Gasteiger partial charge in [0.2, 0.25) is 5.75 Å². The number of carbonyl (C=O) groups is 1. The van der Waals surface area contributed by atoms with Crippen LogP contribution in [0.2, 0.25) is 0 Å². The zero-order valence-electron chi connectivity index (χ0n) is 22.3. The van der Waals surface area contributed by atoms with E-state index in [1.165, 1.54) is 38.9 Å². The molecule has 2 aromatic heterocycles. The van der Waals surface area contributed by atoms with Gasteiger partial charge in [0.15, 0.2) is 11.5 Å². The van der Waals surface area contributed by atoms with Crippen molar-refractivity contribution in [2.75, 3.05) is 41.0 Å². The number of benzene rings is 2. The maximum atomic E-state index is 13.1. The SMILES string of the molecule is COc1cc(-c2cc(C(=O)NCc3nn(CCN4CCCC4)c(=O)c4ccccc34)[nH]n2)cc(OC)c1OC. The van der Waals surface area contributed by atoms with Gasteiger partial charge in [0.05, 0.1) is 51.2 Å². The number of rotatable bonds is 10. The van der Waals surface area contributed by atoms with Gasteiger partial charge in [-0.15, -0.1) is 0 Å². The minimum Gasteiger partial charge on any atom is -0.493 e. The van der Waals surface area contributed by atoms with Gasteiger partial charge in [-0.2, -0.15) is 10.2 Å². The Morgan fingerprint density at radius 1 is 0.974 bits per heavy atom. The predicted molar refractivity (Wildman–Crippen MR) is 147 cm³/mol. The van der Waals surface area contributed by atoms with E-state index in [1.54, 1.807) is 24.3 Å². The van der Waals surface area contributed by atoms with E-state index in [9.17, 15) is 9.59 Å². The highest BCUT2D eigenvalue weighted by atomic mass is 16.5. The number of fused-ring (bicyclic) bond motifs is 1. The molecule has 5 rings (SSSR count). The molecular weight excluding hydrogens is 500 g/mol. The second-order valence-electron chi connectivity index (χ2n) is 9.33. The lowest BCUT2D eigenvalue weighted by atomic mass is 10.1. The van der Waals surface area contributed by atoms with Crippen molar-refractivity contribution in [2.24, 2.45) is 0 Å². The van der Waals surface area contributed by atoms with E-state index < -0.39 is 0 Å². The lowest BCUT2D eigenvalue weighted by Crippen LogP contribution is -2.32. The topological polar surface area (TPSA) is 124 Å². The molecule has 0 radical (unpaired) electrons. The molecule has 1 saturated heterocycles. The Kier molecular flexibility index (Phi) is 7.78. The van der Waals surface area contributed by atoms with Crippen molar-refractivity contribution in [3.8, 4) is 28.5 Å². The molecule has 0 bridgehead atoms. The summed E-state index contributed by atoms with van der Waals surface area (Å²) in [6.45, 7) is 3.53. The second kappa shape index (κ2) is 11.6. The normalized spacial score (nSPS) is 13.5. The lowest BCUT2D eigenvalue weighted by Gasteiger charge is -2.16. The molecule has 3 heterocycles. The molecular formula is C28H32N6O5. The third kappa shape index (κ3) is 5.44. The standard InChI is InChI=1S/C28H32N6O5/c1-37-24-14-18(15-25(38-2)26(24)39-3)21-16-22(31-30-21)27(35)29-17-23-19-8-4-5-9-20(19)28(36)34(32-23)13-12-33-10-6-7-11-33/h4-5,8-9,14-16H,6-7,10-13,17H2,1-3H3,(H,29,35)(H,30,31). The van der Waals surface area contributed by atoms with E-state index in [0.717, 1.165) is 25.0 Å². The summed E-state index contributed by atoms with van der Waals surface area (Å²) in [5, 5.41) is 16.0. The van der Waals surface area contributed by atoms with Gasteiger partial charge < -0.3 is 24.4 Å². The van der Waals surface area contributed by atoms with Gasteiger partial charge in [-0.3, -0.25) is 14.7 Å². The van der Waals surface area contributed by atoms with E-state index in [0.29, 0.717) is 46.1 Å². The number of H-pyrrole nitrogens is 1. The molecule has 2 N–H and O–H groups in total. The molecule has 2 aromatic carbocycles. The highest BCUT2D eigenvalue weighted by molar-refractivity contribution is 5.93. The number of aromatic amines is 1. The number of aromatic nitrogens is 4. The maximum absolute atomic E-state index is 13.1. The summed E-state index contributed by atoms with van der Waals surface area (Å²) in [7, 11) is 4.62. The van der Waals surface area contributed by atoms with Crippen LogP contribution in [0, 0.1) is 0 Å². The van der Waals surface area contributed by atoms with E-state index in [1.807, 2.05) is 18.2 Å². The van der Waals surface area contributed by atoms with Crippen molar-refractivity contribution in [1.82, 2.24) is 30.2 Å². The van der Waals surface area contributed by atoms with Crippen LogP contribution in [0.25, 0.3) is 22.0 Å². The number of likely N-dealkylation sites (tertiary alicyclic amines) is 1. The van der Waals surface area contributed by atoms with Crippen LogP contribution in [0.1, 0.15) is 29.0 Å². The number of nitrogens with one attached hydrogen (secondary N) is 2. The molecule has 39 heavy (non-hydrogen) atoms. The fourth-order valence-corrected chi connectivity index (χ4v) is 4.90. The fourth-order valence-electron chi connectivity index (χ4n) is 4.90. The summed E-state index contributed by atoms with van der Waals surface area (Å²) in [6.07, 6.45) is 2.37. The quantitative estimate of drug-likeness (QED) is 0.320. The van der Waals surface area contributed by atoms with Crippen LogP contribution in [-0.2, 0) is 13.1 Å². The molecule has 0 saturated carbocycles. The van der Waals surface area contributed by atoms with Crippen LogP contribution in [0.15, 0.2) is 47.3 Å². The second-order valence-corrected chi connectivity index (χ2v) is 9.33. The van der Waals surface area contributed by atoms with Crippen LogP contribution >= 0.6 is 0 Å². The van der Waals surface area contributed by atoms with E-state index in [2.05, 4.69) is 25.5 Å². The number of amides is 1. The summed E-state index contributed by atoms with van der Waals surface area (Å²) >= 11 is 0. The third-order valence-electron chi connectivity index (χ3n) is 6.97. The molecule has 1 fully saturated rings. The number of carbonyl (C=O) groups excluding carboxylic acids is 1. The first-order valence-corrected chi connectivity index (χ1v) is 12.9. The molecule has 1 aliphatic heterocycles. The smallest absolute Gasteiger partial charge is 0.274 e. The first-order valence-electron chi connectivity index (χ1n) is 12.9. The highest BCUT2D eigenvalue weighted by Gasteiger charge is 2.18. The summed E-state index contributed by atoms with van der Waals surface area (Å²) < 4.78 is 17.7. The van der Waals surface area contributed by atoms with E-state index in [4.69, 9.17) is 14.2 Å². The summed E-state index contributed by atoms with van der Waals surface area (Å²) in [5.74, 6) is 1.10. The molecule has 0 spiro atoms. The molecule has 0 atom stereocenters. The van der Waals surface area contributed by atoms with Crippen molar-refractivity contribution < 1.29 is 19.0 Å². The van der Waals surface area contributed by atoms with Gasteiger partial charge in [-0.05, 0) is 50.2 Å². The number of ether oxygens (including phenoxy) is 3. The van der Waals surface area contributed by atoms with Gasteiger partial charge in [0.25, 0.3) is 11.5 Å². The number of nitrogens with zero attached hydrogens (tertiary/aromatic N) is 4. The molecule has 4 aromatic rings. The minimum atomic E-state index is -0.345. The third-order valence-corrected chi connectivity index (χ3v) is 6.97. The number of hydrogen-bond donors (Lipinski definition) is 2. The Bertz CT molecular complexity index is 1510. The Balaban J connectivity index is 1.35. The highest BCUT2D eigenvalue weighted by Crippen LogP contribution is 2.40. The molecule has 1 aliphatic rings. The van der Waals surface area contributed by atoms with Gasteiger partial charge in [-0.25, -0.2) is 4.68 Å². The Morgan fingerprint density at radius 2 is 1.67 bits per heavy atom. The maximum Gasteiger partial charge on any atom is 0.274 e. The van der Waals surface area contributed by atoms with Gasteiger partial charge >= 0.3 is 0 Å². The zero-order chi connectivity index (χ0) is 27.4. The van der Waals surface area contributed by atoms with Crippen LogP contribution < -0.4 is 25.1 Å². The van der Waals surface area contributed by atoms with Crippen molar-refractivity contribution in [3.63, 3.8) is 0 Å². The predicted octanol–water partition coefficient (Wildman–Crippen LogP) is 2.84. The average molecular weight is 533 g/mol. The van der Waals surface area contributed by atoms with Crippen molar-refractivity contribution in [2.45, 2.75) is 25.9 Å². The van der Waals surface area contributed by atoms with Gasteiger partial charge in [0, 0.05) is 17.5 Å². The lowest BCUT2D eigenvalue weighted by molar-refractivity contribution is 0.0945. The zero-order valence-corrected chi connectivity index (χ0v) is 22.3. The van der Waals surface area contributed by atoms with Crippen LogP contribution in [0.5, 0.6) is 17.2 Å². The number of methoxy groups -OCH3 is 3. The van der Waals surface area contributed by atoms with Gasteiger partial charge in [0.1, 0.15) is 5.69 Å². The van der Waals surface area contributed by atoms with E-state index in [-0.39, 0.29) is 23.7 Å². The Morgan fingerprint density at radius 3 is 2.33 bits per heavy atom. The van der Waals surface area contributed by atoms with Crippen LogP contribution in [0.3, 0.4) is 0 Å². The molecule has 204 valence electrons. The monoisotopic (exact) mass is 532 g/mol. The average Bonchev–Trinajstić information content (AvgIpc) is 3.68. The van der Waals surface area contributed by atoms with Crippen LogP contribution in [-0.4, -0.2) is 71.7 Å². The summed E-state index contributed by atoms with van der Waals surface area (Å²) in [4.78, 5) is 28.5. The van der Waals surface area contributed by atoms with Crippen LogP contribution in [0.4, 0.5) is 0 Å². The molecule has 0 aliphatic carbocycles. The van der Waals surface area contributed by atoms with E-state index >= 15 is 0 Å². The molecule has 1 amide bonds. The molecule has 11 heteroatoms. The van der Waals surface area contributed by atoms with Gasteiger partial charge in [-0.1, -0.05) is 18.2 Å². The minimum absolute atomic E-state index is 0.122. The Labute approximate surface area is 225 Å². The van der Waals surface area contributed by atoms with Crippen molar-refractivity contribution in [3.05, 3.63) is 64.2 Å². The first-order chi connectivity index (χ1) is 19.0. The van der Waals surface area contributed by atoms with Crippen molar-refractivity contribution in [1.29, 1.82) is 0 Å². The fraction of sp³-hybridized carbons (Fsp3) is 0.357. The Hall–Kier alpha value is -4.38. The van der Waals surface area contributed by atoms with Crippen molar-refractivity contribution >= 4 is 16.7 Å². The number of hydrogen-bond acceptors (Lipinski definition) is 8. The summed E-state index contributed by atoms with van der Waals surface area (Å²) in [5.41, 5.74) is 2.02. The molecule has 11 nitrogen and oxygen atoms in total. The molecule has 0 unspecified atom stereocenters. The first kappa shape index (κ1) is 26.2. The summed E-state index contributed by atoms with van der Waals surface area (Å²) in [6, 6.07) is 12.5. The largest absolute Gasteiger partial charge is 0.493 e.